The molecular weight excluding hydrogens is 548 g/mol. The van der Waals surface area contributed by atoms with Crippen LogP contribution in [0.5, 0.6) is 11.5 Å². The first-order valence-corrected chi connectivity index (χ1v) is 16.9. The second-order valence-electron chi connectivity index (χ2n) is 12.3. The number of rotatable bonds is 16. The molecule has 6 atom stereocenters. The third-order valence-electron chi connectivity index (χ3n) is 9.63. The van der Waals surface area contributed by atoms with E-state index in [9.17, 15) is 15.0 Å². The van der Waals surface area contributed by atoms with Crippen molar-refractivity contribution >= 4 is 17.5 Å². The van der Waals surface area contributed by atoms with Gasteiger partial charge in [-0.3, -0.25) is 4.79 Å². The molecule has 0 radical (unpaired) electrons. The molecule has 2 N–H and O–H groups in total. The van der Waals surface area contributed by atoms with Gasteiger partial charge in [0.25, 0.3) is 0 Å². The van der Waals surface area contributed by atoms with Crippen molar-refractivity contribution in [2.45, 2.75) is 92.8 Å². The summed E-state index contributed by atoms with van der Waals surface area (Å²) >= 11 is 1.91. The van der Waals surface area contributed by atoms with Crippen LogP contribution in [0.2, 0.25) is 0 Å². The third kappa shape index (κ3) is 6.40. The van der Waals surface area contributed by atoms with Crippen LogP contribution in [0.25, 0.3) is 0 Å². The van der Waals surface area contributed by atoms with Gasteiger partial charge in [0.05, 0.1) is 17.8 Å². The second-order valence-corrected chi connectivity index (χ2v) is 13.8. The minimum absolute atomic E-state index is 0.000376. The van der Waals surface area contributed by atoms with E-state index in [-0.39, 0.29) is 47.9 Å². The lowest BCUT2D eigenvalue weighted by Crippen LogP contribution is -2.64. The van der Waals surface area contributed by atoms with E-state index in [1.54, 1.807) is 12.2 Å². The van der Waals surface area contributed by atoms with Crippen LogP contribution in [0.1, 0.15) is 82.1 Å². The molecule has 2 saturated carbocycles. The molecule has 7 heteroatoms. The molecule has 230 valence electrons. The van der Waals surface area contributed by atoms with Crippen LogP contribution in [0, 0.1) is 17.8 Å². The maximum Gasteiger partial charge on any atom is 0.230 e. The number of ether oxygens (including phenoxy) is 3. The quantitative estimate of drug-likeness (QED) is 0.161. The number of fused-ring (bicyclic) bond motifs is 2. The Morgan fingerprint density at radius 3 is 2.48 bits per heavy atom. The molecular formula is C35H48O6S. The van der Waals surface area contributed by atoms with Crippen LogP contribution in [0.4, 0.5) is 0 Å². The predicted octanol–water partition coefficient (Wildman–Crippen LogP) is 6.76. The Morgan fingerprint density at radius 2 is 1.76 bits per heavy atom. The van der Waals surface area contributed by atoms with Crippen LogP contribution in [-0.2, 0) is 9.53 Å². The van der Waals surface area contributed by atoms with Gasteiger partial charge in [0.15, 0.2) is 5.78 Å². The average Bonchev–Trinajstić information content (AvgIpc) is 3.51. The minimum atomic E-state index is -0.979. The summed E-state index contributed by atoms with van der Waals surface area (Å²) in [6.07, 6.45) is 16.1. The van der Waals surface area contributed by atoms with E-state index in [0.717, 1.165) is 61.2 Å². The van der Waals surface area contributed by atoms with E-state index in [1.807, 2.05) is 23.9 Å². The minimum Gasteiger partial charge on any atom is -0.490 e. The zero-order chi connectivity index (χ0) is 29.5. The summed E-state index contributed by atoms with van der Waals surface area (Å²) in [4.78, 5) is 14.1. The van der Waals surface area contributed by atoms with E-state index in [1.165, 1.54) is 25.7 Å². The van der Waals surface area contributed by atoms with Gasteiger partial charge in [-0.25, -0.2) is 0 Å². The van der Waals surface area contributed by atoms with Gasteiger partial charge in [0.2, 0.25) is 5.79 Å². The molecule has 1 heterocycles. The van der Waals surface area contributed by atoms with Gasteiger partial charge in [-0.1, -0.05) is 50.5 Å². The maximum atomic E-state index is 14.1. The SMILES string of the molecule is C=CCOc1ccc2c(c1)C1C(CCCCO)C(CCCCO)C=C3C(=O)CC(SC4CCCC4)C(OCC=C)(O2)C31. The molecule has 4 aliphatic rings. The van der Waals surface area contributed by atoms with Crippen molar-refractivity contribution in [1.29, 1.82) is 0 Å². The summed E-state index contributed by atoms with van der Waals surface area (Å²) in [6, 6.07) is 6.07. The highest BCUT2D eigenvalue weighted by atomic mass is 32.2. The zero-order valence-corrected chi connectivity index (χ0v) is 25.7. The Morgan fingerprint density at radius 1 is 1.02 bits per heavy atom. The molecule has 1 aromatic rings. The molecule has 3 aliphatic carbocycles. The fourth-order valence-corrected chi connectivity index (χ4v) is 9.61. The maximum absolute atomic E-state index is 14.1. The van der Waals surface area contributed by atoms with Gasteiger partial charge in [-0.15, -0.1) is 18.3 Å². The van der Waals surface area contributed by atoms with E-state index >= 15 is 0 Å². The molecule has 0 aromatic heterocycles. The van der Waals surface area contributed by atoms with Crippen LogP contribution >= 0.6 is 11.8 Å². The molecule has 42 heavy (non-hydrogen) atoms. The predicted molar refractivity (Wildman–Crippen MR) is 168 cm³/mol. The zero-order valence-electron chi connectivity index (χ0n) is 24.9. The molecule has 1 aromatic carbocycles. The van der Waals surface area contributed by atoms with Gasteiger partial charge in [-0.2, -0.15) is 0 Å². The topological polar surface area (TPSA) is 85.2 Å². The Kier molecular flexibility index (Phi) is 10.9. The lowest BCUT2D eigenvalue weighted by molar-refractivity contribution is -0.227. The lowest BCUT2D eigenvalue weighted by Gasteiger charge is -2.58. The molecule has 0 bridgehead atoms. The molecule has 0 saturated heterocycles. The van der Waals surface area contributed by atoms with Crippen molar-refractivity contribution in [2.75, 3.05) is 26.4 Å². The van der Waals surface area contributed by atoms with Crippen molar-refractivity contribution in [3.8, 4) is 11.5 Å². The Hall–Kier alpha value is -2.06. The number of ketones is 1. The van der Waals surface area contributed by atoms with Crippen LogP contribution in [0.15, 0.2) is 55.2 Å². The van der Waals surface area contributed by atoms with E-state index in [2.05, 4.69) is 25.3 Å². The van der Waals surface area contributed by atoms with Crippen molar-refractivity contribution < 1.29 is 29.2 Å². The lowest BCUT2D eigenvalue weighted by atomic mass is 9.56. The number of carbonyl (C=O) groups excluding carboxylic acids is 1. The van der Waals surface area contributed by atoms with E-state index in [0.29, 0.717) is 24.9 Å². The number of carbonyl (C=O) groups is 1. The molecule has 0 amide bonds. The third-order valence-corrected chi connectivity index (χ3v) is 11.3. The summed E-state index contributed by atoms with van der Waals surface area (Å²) < 4.78 is 19.9. The van der Waals surface area contributed by atoms with Crippen molar-refractivity contribution in [3.05, 3.63) is 60.7 Å². The molecule has 5 rings (SSSR count). The first kappa shape index (κ1) is 31.4. The smallest absolute Gasteiger partial charge is 0.230 e. The Bertz CT molecular complexity index is 1130. The summed E-state index contributed by atoms with van der Waals surface area (Å²) in [6.45, 7) is 8.86. The largest absolute Gasteiger partial charge is 0.490 e. The molecule has 6 unspecified atom stereocenters. The highest BCUT2D eigenvalue weighted by Crippen LogP contribution is 2.63. The summed E-state index contributed by atoms with van der Waals surface area (Å²) in [5.41, 5.74) is 1.92. The van der Waals surface area contributed by atoms with E-state index in [4.69, 9.17) is 14.2 Å². The number of thioether (sulfide) groups is 1. The first-order valence-electron chi connectivity index (χ1n) is 16.0. The van der Waals surface area contributed by atoms with Crippen molar-refractivity contribution in [3.63, 3.8) is 0 Å². The van der Waals surface area contributed by atoms with E-state index < -0.39 is 5.79 Å². The fourth-order valence-electron chi connectivity index (χ4n) is 7.84. The second kappa shape index (κ2) is 14.6. The van der Waals surface area contributed by atoms with Crippen LogP contribution < -0.4 is 9.47 Å². The molecule has 6 nitrogen and oxygen atoms in total. The highest BCUT2D eigenvalue weighted by Gasteiger charge is 2.64. The molecule has 2 fully saturated rings. The number of Topliss-reactive ketones (excluding diaryl/α,β-unsaturated/α-hetero) is 1. The Balaban J connectivity index is 1.66. The monoisotopic (exact) mass is 596 g/mol. The summed E-state index contributed by atoms with van der Waals surface area (Å²) in [5.74, 6) is 0.982. The molecule has 0 spiro atoms. The van der Waals surface area contributed by atoms with Gasteiger partial charge in [0, 0.05) is 41.9 Å². The van der Waals surface area contributed by atoms with Gasteiger partial charge in [0.1, 0.15) is 18.1 Å². The summed E-state index contributed by atoms with van der Waals surface area (Å²) in [7, 11) is 0. The highest BCUT2D eigenvalue weighted by molar-refractivity contribution is 8.00. The summed E-state index contributed by atoms with van der Waals surface area (Å²) in [5, 5.41) is 19.6. The van der Waals surface area contributed by atoms with Crippen LogP contribution in [0.3, 0.4) is 0 Å². The number of allylic oxidation sites excluding steroid dienone is 1. The number of aliphatic hydroxyl groups is 2. The number of unbranched alkanes of at least 4 members (excludes halogenated alkanes) is 2. The van der Waals surface area contributed by atoms with Gasteiger partial charge in [-0.05, 0) is 68.6 Å². The van der Waals surface area contributed by atoms with Crippen molar-refractivity contribution in [2.24, 2.45) is 17.8 Å². The van der Waals surface area contributed by atoms with Gasteiger partial charge < -0.3 is 24.4 Å². The van der Waals surface area contributed by atoms with Gasteiger partial charge >= 0.3 is 0 Å². The standard InChI is InChI=1S/C35H48O6S/c1-3-19-39-25-15-16-31-29(22-25)33-27(14-8-10-18-37)24(11-7-9-17-36)21-28-30(38)23-32(42-26-12-5-6-13-26)35(41-31,34(28)33)40-20-4-2/h3-4,15-16,21-22,24,26-27,32-34,36-37H,1-2,5-14,17-20,23H2. The number of aliphatic hydroxyl groups excluding tert-OH is 2. The number of benzene rings is 1. The first-order chi connectivity index (χ1) is 20.6. The number of hydrogen-bond donors (Lipinski definition) is 2. The van der Waals surface area contributed by atoms with Crippen molar-refractivity contribution in [1.82, 2.24) is 0 Å². The number of hydrogen-bond acceptors (Lipinski definition) is 7. The molecule has 1 aliphatic heterocycles. The Labute approximate surface area is 255 Å². The normalized spacial score (nSPS) is 30.2. The fraction of sp³-hybridized carbons (Fsp3) is 0.629. The van der Waals surface area contributed by atoms with Crippen LogP contribution in [-0.4, -0.2) is 58.7 Å². The average molecular weight is 597 g/mol.